The van der Waals surface area contributed by atoms with Gasteiger partial charge in [0.15, 0.2) is 5.69 Å². The smallest absolute Gasteiger partial charge is 0.326 e. The zero-order chi connectivity index (χ0) is 17.9. The molecule has 24 heavy (non-hydrogen) atoms. The Labute approximate surface area is 139 Å². The zero-order valence-corrected chi connectivity index (χ0v) is 13.9. The third-order valence-electron chi connectivity index (χ3n) is 3.63. The van der Waals surface area contributed by atoms with Gasteiger partial charge in [-0.15, -0.1) is 0 Å². The second-order valence-corrected chi connectivity index (χ2v) is 6.05. The van der Waals surface area contributed by atoms with Crippen LogP contribution in [0.15, 0.2) is 29.1 Å². The zero-order valence-electron chi connectivity index (χ0n) is 13.9. The van der Waals surface area contributed by atoms with Crippen LogP contribution in [0.1, 0.15) is 37.7 Å². The third-order valence-corrected chi connectivity index (χ3v) is 3.63. The van der Waals surface area contributed by atoms with Gasteiger partial charge in [-0.1, -0.05) is 39.0 Å². The first-order valence-electron chi connectivity index (χ1n) is 7.88. The second kappa shape index (κ2) is 7.25. The summed E-state index contributed by atoms with van der Waals surface area (Å²) in [6, 6.07) is 5.71. The van der Waals surface area contributed by atoms with E-state index in [-0.39, 0.29) is 23.6 Å². The van der Waals surface area contributed by atoms with Crippen LogP contribution in [0.5, 0.6) is 0 Å². The van der Waals surface area contributed by atoms with Crippen LogP contribution < -0.4 is 10.9 Å². The number of rotatable bonds is 6. The lowest BCUT2D eigenvalue weighted by molar-refractivity contribution is -0.139. The van der Waals surface area contributed by atoms with Gasteiger partial charge in [0, 0.05) is 11.9 Å². The lowest BCUT2D eigenvalue weighted by atomic mass is 10.1. The Hall–Kier alpha value is -2.70. The average Bonchev–Trinajstić information content (AvgIpc) is 2.54. The summed E-state index contributed by atoms with van der Waals surface area (Å²) in [5.41, 5.74) is -0.202. The van der Waals surface area contributed by atoms with E-state index in [2.05, 4.69) is 10.4 Å². The van der Waals surface area contributed by atoms with Crippen LogP contribution in [-0.4, -0.2) is 32.8 Å². The lowest BCUT2D eigenvalue weighted by Gasteiger charge is -2.15. The molecule has 7 heteroatoms. The van der Waals surface area contributed by atoms with Gasteiger partial charge in [-0.05, 0) is 18.4 Å². The first kappa shape index (κ1) is 17.7. The molecule has 2 rings (SSSR count). The third kappa shape index (κ3) is 3.61. The molecule has 1 unspecified atom stereocenters. The summed E-state index contributed by atoms with van der Waals surface area (Å²) in [6.45, 7) is 5.94. The van der Waals surface area contributed by atoms with E-state index in [1.807, 2.05) is 13.8 Å². The van der Waals surface area contributed by atoms with Crippen molar-refractivity contribution < 1.29 is 14.7 Å². The van der Waals surface area contributed by atoms with Crippen molar-refractivity contribution in [3.05, 3.63) is 40.3 Å². The van der Waals surface area contributed by atoms with Crippen molar-refractivity contribution >= 4 is 22.6 Å². The van der Waals surface area contributed by atoms with Gasteiger partial charge in [-0.2, -0.15) is 5.10 Å². The molecule has 0 aliphatic rings. The highest BCUT2D eigenvalue weighted by Crippen LogP contribution is 2.14. The van der Waals surface area contributed by atoms with E-state index in [0.717, 1.165) is 0 Å². The number of aromatic nitrogens is 2. The molecule has 0 aliphatic carbocycles. The molecule has 1 heterocycles. The molecule has 1 aromatic heterocycles. The average molecular weight is 331 g/mol. The molecule has 2 N–H and O–H groups in total. The highest BCUT2D eigenvalue weighted by atomic mass is 16.4. The maximum Gasteiger partial charge on any atom is 0.326 e. The van der Waals surface area contributed by atoms with Crippen LogP contribution in [0.3, 0.4) is 0 Å². The predicted molar refractivity (Wildman–Crippen MR) is 90.0 cm³/mol. The molecular formula is C17H21N3O4. The number of aliphatic carboxylic acids is 1. The van der Waals surface area contributed by atoms with Crippen LogP contribution in [-0.2, 0) is 11.3 Å². The Morgan fingerprint density at radius 3 is 2.42 bits per heavy atom. The van der Waals surface area contributed by atoms with Gasteiger partial charge < -0.3 is 10.4 Å². The summed E-state index contributed by atoms with van der Waals surface area (Å²) >= 11 is 0. The van der Waals surface area contributed by atoms with Gasteiger partial charge in [0.05, 0.1) is 5.39 Å². The number of hydrogen-bond acceptors (Lipinski definition) is 4. The highest BCUT2D eigenvalue weighted by molar-refractivity contribution is 6.05. The van der Waals surface area contributed by atoms with Crippen LogP contribution >= 0.6 is 0 Å². The molecule has 0 bridgehead atoms. The van der Waals surface area contributed by atoms with Crippen LogP contribution in [0, 0.1) is 5.92 Å². The summed E-state index contributed by atoms with van der Waals surface area (Å²) in [7, 11) is 0. The SMILES string of the molecule is CCC(NC(=O)c1nn(CC(C)C)c(=O)c2ccccc12)C(=O)O. The summed E-state index contributed by atoms with van der Waals surface area (Å²) < 4.78 is 1.27. The van der Waals surface area contributed by atoms with Gasteiger partial charge in [0.25, 0.3) is 11.5 Å². The largest absolute Gasteiger partial charge is 0.480 e. The molecule has 0 aliphatic heterocycles. The summed E-state index contributed by atoms with van der Waals surface area (Å²) in [6.07, 6.45) is 0.255. The molecule has 1 amide bonds. The number of carbonyl (C=O) groups excluding carboxylic acids is 1. The van der Waals surface area contributed by atoms with E-state index in [9.17, 15) is 14.4 Å². The number of hydrogen-bond donors (Lipinski definition) is 2. The summed E-state index contributed by atoms with van der Waals surface area (Å²) in [5.74, 6) is -1.53. The number of fused-ring (bicyclic) bond motifs is 1. The minimum atomic E-state index is -1.11. The van der Waals surface area contributed by atoms with Gasteiger partial charge >= 0.3 is 5.97 Å². The maximum atomic E-state index is 12.5. The number of nitrogens with one attached hydrogen (secondary N) is 1. The Morgan fingerprint density at radius 2 is 1.88 bits per heavy atom. The Balaban J connectivity index is 2.56. The number of carbonyl (C=O) groups is 2. The fourth-order valence-electron chi connectivity index (χ4n) is 2.44. The molecule has 7 nitrogen and oxygen atoms in total. The van der Waals surface area contributed by atoms with Crippen LogP contribution in [0.4, 0.5) is 0 Å². The van der Waals surface area contributed by atoms with Gasteiger partial charge in [0.1, 0.15) is 6.04 Å². The molecule has 0 saturated heterocycles. The van der Waals surface area contributed by atoms with Crippen molar-refractivity contribution in [3.63, 3.8) is 0 Å². The van der Waals surface area contributed by atoms with Crippen molar-refractivity contribution in [1.29, 1.82) is 0 Å². The summed E-state index contributed by atoms with van der Waals surface area (Å²) in [5, 5.41) is 16.6. The molecule has 1 atom stereocenters. The molecule has 0 saturated carbocycles. The van der Waals surface area contributed by atoms with Gasteiger partial charge in [-0.3, -0.25) is 9.59 Å². The second-order valence-electron chi connectivity index (χ2n) is 6.05. The minimum absolute atomic E-state index is 0.0607. The molecule has 0 fully saturated rings. The van der Waals surface area contributed by atoms with Crippen molar-refractivity contribution in [2.75, 3.05) is 0 Å². The number of carboxylic acids is 1. The predicted octanol–water partition coefficient (Wildman–Crippen LogP) is 1.65. The monoisotopic (exact) mass is 331 g/mol. The Morgan fingerprint density at radius 1 is 1.25 bits per heavy atom. The van der Waals surface area contributed by atoms with Crippen molar-refractivity contribution in [2.45, 2.75) is 39.8 Å². The fraction of sp³-hybridized carbons (Fsp3) is 0.412. The number of benzene rings is 1. The van der Waals surface area contributed by atoms with Crippen LogP contribution in [0.25, 0.3) is 10.8 Å². The number of nitrogens with zero attached hydrogens (tertiary/aromatic N) is 2. The number of amides is 1. The Bertz CT molecular complexity index is 826. The van der Waals surface area contributed by atoms with Crippen LogP contribution in [0.2, 0.25) is 0 Å². The van der Waals surface area contributed by atoms with Crippen molar-refractivity contribution in [3.8, 4) is 0 Å². The molecule has 0 spiro atoms. The van der Waals surface area contributed by atoms with E-state index in [1.54, 1.807) is 31.2 Å². The first-order chi connectivity index (χ1) is 11.3. The summed E-state index contributed by atoms with van der Waals surface area (Å²) in [4.78, 5) is 36.2. The quantitative estimate of drug-likeness (QED) is 0.838. The highest BCUT2D eigenvalue weighted by Gasteiger charge is 2.22. The maximum absolute atomic E-state index is 12.5. The topological polar surface area (TPSA) is 101 Å². The number of carboxylic acid groups (broad SMARTS) is 1. The fourth-order valence-corrected chi connectivity index (χ4v) is 2.44. The Kier molecular flexibility index (Phi) is 5.33. The molecule has 1 aromatic carbocycles. The first-order valence-corrected chi connectivity index (χ1v) is 7.88. The molecule has 2 aromatic rings. The molecule has 0 radical (unpaired) electrons. The van der Waals surface area contributed by atoms with Gasteiger partial charge in [0.2, 0.25) is 0 Å². The van der Waals surface area contributed by atoms with Crippen molar-refractivity contribution in [2.24, 2.45) is 5.92 Å². The van der Waals surface area contributed by atoms with E-state index in [4.69, 9.17) is 5.11 Å². The molecular weight excluding hydrogens is 310 g/mol. The van der Waals surface area contributed by atoms with E-state index < -0.39 is 17.9 Å². The van der Waals surface area contributed by atoms with Gasteiger partial charge in [-0.25, -0.2) is 9.48 Å². The molecule has 128 valence electrons. The van der Waals surface area contributed by atoms with E-state index in [0.29, 0.717) is 17.3 Å². The minimum Gasteiger partial charge on any atom is -0.480 e. The van der Waals surface area contributed by atoms with E-state index >= 15 is 0 Å². The van der Waals surface area contributed by atoms with E-state index in [1.165, 1.54) is 4.68 Å². The standard InChI is InChI=1S/C17H21N3O4/c1-4-13(17(23)24)18-15(21)14-11-7-5-6-8-12(11)16(22)20(19-14)9-10(2)3/h5-8,10,13H,4,9H2,1-3H3,(H,18,21)(H,23,24). The normalized spacial score (nSPS) is 12.3. The van der Waals surface area contributed by atoms with Crippen molar-refractivity contribution in [1.82, 2.24) is 15.1 Å². The lowest BCUT2D eigenvalue weighted by Crippen LogP contribution is -2.41.